The molecule has 0 bridgehead atoms. The van der Waals surface area contributed by atoms with Crippen LogP contribution in [0.4, 0.5) is 13.2 Å². The Kier molecular flexibility index (Phi) is 7.97. The number of ether oxygens (including phenoxy) is 1. The molecular weight excluding hydrogens is 433 g/mol. The van der Waals surface area contributed by atoms with E-state index in [4.69, 9.17) is 4.74 Å². The minimum Gasteiger partial charge on any atom is -0.491 e. The Morgan fingerprint density at radius 2 is 1.56 bits per heavy atom. The van der Waals surface area contributed by atoms with Crippen LogP contribution in [0.1, 0.15) is 68.6 Å². The molecule has 1 aliphatic carbocycles. The zero-order chi connectivity index (χ0) is 24.1. The topological polar surface area (TPSA) is 9.23 Å². The van der Waals surface area contributed by atoms with Gasteiger partial charge in [-0.1, -0.05) is 49.4 Å². The minimum absolute atomic E-state index is 0.302. The second kappa shape index (κ2) is 11.1. The summed E-state index contributed by atoms with van der Waals surface area (Å²) in [5.41, 5.74) is 3.65. The van der Waals surface area contributed by atoms with Gasteiger partial charge in [-0.3, -0.25) is 0 Å². The summed E-state index contributed by atoms with van der Waals surface area (Å²) in [6.07, 6.45) is 6.30. The Labute approximate surface area is 201 Å². The van der Waals surface area contributed by atoms with Crippen molar-refractivity contribution in [2.75, 3.05) is 6.61 Å². The predicted octanol–water partition coefficient (Wildman–Crippen LogP) is 8.64. The second-order valence-electron chi connectivity index (χ2n) is 9.33. The van der Waals surface area contributed by atoms with Crippen LogP contribution in [0, 0.1) is 23.4 Å². The van der Waals surface area contributed by atoms with Gasteiger partial charge in [0.15, 0.2) is 23.2 Å². The molecule has 1 aliphatic rings. The van der Waals surface area contributed by atoms with Crippen molar-refractivity contribution >= 4 is 0 Å². The Hall–Kier alpha value is -2.75. The molecule has 0 spiro atoms. The third-order valence-electron chi connectivity index (χ3n) is 7.23. The summed E-state index contributed by atoms with van der Waals surface area (Å²) in [7, 11) is 0. The van der Waals surface area contributed by atoms with Crippen molar-refractivity contribution in [3.05, 3.63) is 88.7 Å². The van der Waals surface area contributed by atoms with Crippen molar-refractivity contribution in [2.45, 2.75) is 64.7 Å². The monoisotopic (exact) mass is 466 g/mol. The number of benzene rings is 3. The fourth-order valence-corrected chi connectivity index (χ4v) is 5.11. The molecule has 4 heteroatoms. The molecule has 34 heavy (non-hydrogen) atoms. The molecule has 0 radical (unpaired) electrons. The maximum absolute atomic E-state index is 14.8. The van der Waals surface area contributed by atoms with Crippen LogP contribution in [0.5, 0.6) is 5.75 Å². The first-order valence-corrected chi connectivity index (χ1v) is 12.5. The molecule has 3 aromatic rings. The molecule has 0 N–H and O–H groups in total. The van der Waals surface area contributed by atoms with E-state index in [1.807, 2.05) is 37.3 Å². The third-order valence-corrected chi connectivity index (χ3v) is 7.23. The zero-order valence-corrected chi connectivity index (χ0v) is 20.0. The third kappa shape index (κ3) is 5.48. The van der Waals surface area contributed by atoms with E-state index in [0.29, 0.717) is 47.3 Å². The van der Waals surface area contributed by atoms with E-state index in [1.165, 1.54) is 5.56 Å². The average Bonchev–Trinajstić information content (AvgIpc) is 2.87. The van der Waals surface area contributed by atoms with Crippen LogP contribution < -0.4 is 4.74 Å². The van der Waals surface area contributed by atoms with Gasteiger partial charge in [0.1, 0.15) is 0 Å². The first-order valence-electron chi connectivity index (χ1n) is 12.5. The largest absolute Gasteiger partial charge is 0.491 e. The van der Waals surface area contributed by atoms with Gasteiger partial charge in [-0.25, -0.2) is 13.2 Å². The predicted molar refractivity (Wildman–Crippen MR) is 132 cm³/mol. The molecule has 0 amide bonds. The molecular formula is C30H33F3O. The van der Waals surface area contributed by atoms with Gasteiger partial charge in [-0.15, -0.1) is 0 Å². The van der Waals surface area contributed by atoms with E-state index in [-0.39, 0.29) is 5.82 Å². The lowest BCUT2D eigenvalue weighted by Gasteiger charge is -2.29. The van der Waals surface area contributed by atoms with Gasteiger partial charge in [0.25, 0.3) is 0 Å². The summed E-state index contributed by atoms with van der Waals surface area (Å²) in [6, 6.07) is 16.3. The van der Waals surface area contributed by atoms with E-state index in [9.17, 15) is 13.2 Å². The highest BCUT2D eigenvalue weighted by atomic mass is 19.2. The molecule has 1 saturated carbocycles. The molecule has 0 unspecified atom stereocenters. The number of hydrogen-bond acceptors (Lipinski definition) is 1. The van der Waals surface area contributed by atoms with Gasteiger partial charge in [-0.05, 0) is 98.1 Å². The lowest BCUT2D eigenvalue weighted by Crippen LogP contribution is -2.14. The first kappa shape index (κ1) is 24.4. The van der Waals surface area contributed by atoms with Crippen molar-refractivity contribution in [2.24, 2.45) is 5.92 Å². The van der Waals surface area contributed by atoms with E-state index < -0.39 is 11.6 Å². The highest BCUT2D eigenvalue weighted by molar-refractivity contribution is 5.65. The lowest BCUT2D eigenvalue weighted by molar-refractivity contribution is 0.306. The highest BCUT2D eigenvalue weighted by Gasteiger charge is 2.24. The zero-order valence-electron chi connectivity index (χ0n) is 20.0. The van der Waals surface area contributed by atoms with Gasteiger partial charge in [0, 0.05) is 5.56 Å². The van der Waals surface area contributed by atoms with E-state index in [0.717, 1.165) is 44.1 Å². The fraction of sp³-hybridized carbons (Fsp3) is 0.400. The maximum atomic E-state index is 14.8. The van der Waals surface area contributed by atoms with Crippen molar-refractivity contribution in [3.8, 4) is 16.9 Å². The summed E-state index contributed by atoms with van der Waals surface area (Å²) in [4.78, 5) is 0. The van der Waals surface area contributed by atoms with Crippen molar-refractivity contribution in [1.29, 1.82) is 0 Å². The number of rotatable bonds is 8. The standard InChI is InChI=1S/C30H33F3O/c1-3-20-5-12-23(13-6-20)26-17-15-24(29(32)30(26)33)14-9-21-7-10-22(11-8-21)25-16-18-28(34-4-2)27(31)19-25/h5-6,12-13,15-19,21-22H,3-4,7-11,14H2,1-2H3. The normalized spacial score (nSPS) is 18.1. The Balaban J connectivity index is 1.34. The second-order valence-corrected chi connectivity index (χ2v) is 9.33. The van der Waals surface area contributed by atoms with Crippen LogP contribution in [0.25, 0.3) is 11.1 Å². The van der Waals surface area contributed by atoms with Gasteiger partial charge in [-0.2, -0.15) is 0 Å². The molecule has 1 nitrogen and oxygen atoms in total. The SMILES string of the molecule is CCOc1ccc(C2CCC(CCc3ccc(-c4ccc(CC)cc4)c(F)c3F)CC2)cc1F. The van der Waals surface area contributed by atoms with Crippen molar-refractivity contribution in [3.63, 3.8) is 0 Å². The summed E-state index contributed by atoms with van der Waals surface area (Å²) in [5, 5.41) is 0. The fourth-order valence-electron chi connectivity index (χ4n) is 5.11. The van der Waals surface area contributed by atoms with Gasteiger partial charge in [0.05, 0.1) is 6.61 Å². The number of halogens is 3. The smallest absolute Gasteiger partial charge is 0.166 e. The Morgan fingerprint density at radius 1 is 0.824 bits per heavy atom. The molecule has 4 rings (SSSR count). The Morgan fingerprint density at radius 3 is 2.21 bits per heavy atom. The van der Waals surface area contributed by atoms with Crippen LogP contribution >= 0.6 is 0 Å². The van der Waals surface area contributed by atoms with Crippen LogP contribution in [0.2, 0.25) is 0 Å². The number of hydrogen-bond donors (Lipinski definition) is 0. The minimum atomic E-state index is -0.761. The molecule has 0 saturated heterocycles. The summed E-state index contributed by atoms with van der Waals surface area (Å²) >= 11 is 0. The summed E-state index contributed by atoms with van der Waals surface area (Å²) < 4.78 is 49.2. The summed E-state index contributed by atoms with van der Waals surface area (Å²) in [5.74, 6) is -0.665. The van der Waals surface area contributed by atoms with Gasteiger partial charge >= 0.3 is 0 Å². The first-order chi connectivity index (χ1) is 16.5. The molecule has 0 aliphatic heterocycles. The molecule has 1 fully saturated rings. The molecule has 0 atom stereocenters. The van der Waals surface area contributed by atoms with E-state index in [1.54, 1.807) is 24.3 Å². The molecule has 180 valence electrons. The van der Waals surface area contributed by atoms with Crippen LogP contribution in [-0.2, 0) is 12.8 Å². The van der Waals surface area contributed by atoms with Crippen LogP contribution in [0.3, 0.4) is 0 Å². The highest BCUT2D eigenvalue weighted by Crippen LogP contribution is 2.39. The van der Waals surface area contributed by atoms with Crippen LogP contribution in [0.15, 0.2) is 54.6 Å². The summed E-state index contributed by atoms with van der Waals surface area (Å²) in [6.45, 7) is 4.35. The van der Waals surface area contributed by atoms with Crippen molar-refractivity contribution < 1.29 is 17.9 Å². The van der Waals surface area contributed by atoms with E-state index in [2.05, 4.69) is 6.92 Å². The quantitative estimate of drug-likeness (QED) is 0.323. The van der Waals surface area contributed by atoms with Crippen LogP contribution in [-0.4, -0.2) is 6.61 Å². The van der Waals surface area contributed by atoms with Gasteiger partial charge < -0.3 is 4.74 Å². The molecule has 3 aromatic carbocycles. The Bertz CT molecular complexity index is 1100. The molecule has 0 heterocycles. The van der Waals surface area contributed by atoms with Gasteiger partial charge in [0.2, 0.25) is 0 Å². The average molecular weight is 467 g/mol. The van der Waals surface area contributed by atoms with Crippen molar-refractivity contribution in [1.82, 2.24) is 0 Å². The molecule has 0 aromatic heterocycles. The lowest BCUT2D eigenvalue weighted by atomic mass is 9.77. The van der Waals surface area contributed by atoms with E-state index >= 15 is 0 Å². The maximum Gasteiger partial charge on any atom is 0.166 e. The number of aryl methyl sites for hydroxylation is 2.